The molecule has 2 rings (SSSR count). The number of halogens is 1. The number of rotatable bonds is 5. The predicted molar refractivity (Wildman–Crippen MR) is 76.1 cm³/mol. The molecule has 114 valence electrons. The molecule has 4 nitrogen and oxygen atoms in total. The van der Waals surface area contributed by atoms with Crippen molar-refractivity contribution in [1.29, 1.82) is 0 Å². The molecule has 1 aliphatic heterocycles. The van der Waals surface area contributed by atoms with Gasteiger partial charge in [-0.1, -0.05) is 12.1 Å². The van der Waals surface area contributed by atoms with Crippen LogP contribution >= 0.6 is 0 Å². The lowest BCUT2D eigenvalue weighted by molar-refractivity contribution is -0.143. The average Bonchev–Trinajstić information content (AvgIpc) is 2.95. The van der Waals surface area contributed by atoms with Gasteiger partial charge in [0.2, 0.25) is 5.91 Å². The topological polar surface area (TPSA) is 46.6 Å². The second-order valence-electron chi connectivity index (χ2n) is 5.29. The van der Waals surface area contributed by atoms with Crippen molar-refractivity contribution in [2.24, 2.45) is 0 Å². The van der Waals surface area contributed by atoms with Gasteiger partial charge in [0.25, 0.3) is 0 Å². The van der Waals surface area contributed by atoms with Crippen LogP contribution in [0.15, 0.2) is 24.3 Å². The first-order valence-electron chi connectivity index (χ1n) is 7.21. The highest BCUT2D eigenvalue weighted by Crippen LogP contribution is 2.22. The normalized spacial score (nSPS) is 17.8. The van der Waals surface area contributed by atoms with E-state index in [0.29, 0.717) is 0 Å². The fourth-order valence-corrected chi connectivity index (χ4v) is 2.72. The highest BCUT2D eigenvalue weighted by atomic mass is 19.1. The molecule has 0 N–H and O–H groups in total. The molecule has 0 saturated carbocycles. The van der Waals surface area contributed by atoms with Gasteiger partial charge in [-0.25, -0.2) is 4.39 Å². The molecule has 0 spiro atoms. The Morgan fingerprint density at radius 3 is 2.67 bits per heavy atom. The van der Waals surface area contributed by atoms with Gasteiger partial charge in [0.1, 0.15) is 5.82 Å². The van der Waals surface area contributed by atoms with E-state index in [1.54, 1.807) is 12.1 Å². The third kappa shape index (κ3) is 4.28. The Kier molecular flexibility index (Phi) is 5.31. The Bertz CT molecular complexity index is 501. The third-order valence-electron chi connectivity index (χ3n) is 3.85. The Hall–Kier alpha value is -1.91. The molecular formula is C16H20FNO3. The molecule has 1 fully saturated rings. The number of ether oxygens (including phenoxy) is 1. The van der Waals surface area contributed by atoms with Crippen molar-refractivity contribution < 1.29 is 18.7 Å². The number of carbonyl (C=O) groups is 2. The van der Waals surface area contributed by atoms with Crippen molar-refractivity contribution in [3.8, 4) is 0 Å². The van der Waals surface area contributed by atoms with Crippen LogP contribution < -0.4 is 0 Å². The number of methoxy groups -OCH3 is 1. The van der Waals surface area contributed by atoms with E-state index in [1.807, 2.05) is 4.90 Å². The highest BCUT2D eigenvalue weighted by Gasteiger charge is 2.28. The van der Waals surface area contributed by atoms with Crippen LogP contribution in [0.5, 0.6) is 0 Å². The van der Waals surface area contributed by atoms with Crippen LogP contribution in [0.4, 0.5) is 4.39 Å². The number of nitrogens with zero attached hydrogens (tertiary/aromatic N) is 1. The second-order valence-corrected chi connectivity index (χ2v) is 5.29. The molecule has 5 heteroatoms. The molecule has 0 aromatic heterocycles. The molecular weight excluding hydrogens is 273 g/mol. The molecule has 21 heavy (non-hydrogen) atoms. The third-order valence-corrected chi connectivity index (χ3v) is 3.85. The van der Waals surface area contributed by atoms with Crippen LogP contribution in [-0.4, -0.2) is 36.5 Å². The van der Waals surface area contributed by atoms with E-state index in [-0.39, 0.29) is 36.6 Å². The van der Waals surface area contributed by atoms with Crippen LogP contribution in [0, 0.1) is 5.82 Å². The standard InChI is InChI=1S/C16H20FNO3/c1-21-16(20)9-8-15(19)18-10-2-3-14(18)11-12-4-6-13(17)7-5-12/h4-7,14H,2-3,8-11H2,1H3. The van der Waals surface area contributed by atoms with Crippen molar-refractivity contribution in [2.75, 3.05) is 13.7 Å². The zero-order valence-corrected chi connectivity index (χ0v) is 12.2. The first-order chi connectivity index (χ1) is 10.1. The van der Waals surface area contributed by atoms with Gasteiger partial charge in [-0.15, -0.1) is 0 Å². The zero-order valence-electron chi connectivity index (χ0n) is 12.2. The van der Waals surface area contributed by atoms with Crippen LogP contribution in [-0.2, 0) is 20.7 Å². The van der Waals surface area contributed by atoms with Crippen LogP contribution in [0.25, 0.3) is 0 Å². The minimum atomic E-state index is -0.363. The van der Waals surface area contributed by atoms with E-state index in [1.165, 1.54) is 19.2 Å². The summed E-state index contributed by atoms with van der Waals surface area (Å²) in [5.41, 5.74) is 1.02. The van der Waals surface area contributed by atoms with Crippen LogP contribution in [0.2, 0.25) is 0 Å². The fraction of sp³-hybridized carbons (Fsp3) is 0.500. The molecule has 1 aromatic rings. The fourth-order valence-electron chi connectivity index (χ4n) is 2.72. The van der Waals surface area contributed by atoms with Gasteiger partial charge in [0.15, 0.2) is 0 Å². The van der Waals surface area contributed by atoms with Crippen molar-refractivity contribution >= 4 is 11.9 Å². The zero-order chi connectivity index (χ0) is 15.2. The van der Waals surface area contributed by atoms with Crippen LogP contribution in [0.1, 0.15) is 31.2 Å². The first-order valence-corrected chi connectivity index (χ1v) is 7.21. The number of esters is 1. The van der Waals surface area contributed by atoms with E-state index >= 15 is 0 Å². The van der Waals surface area contributed by atoms with E-state index in [0.717, 1.165) is 31.4 Å². The Labute approximate surface area is 123 Å². The lowest BCUT2D eigenvalue weighted by atomic mass is 10.0. The molecule has 0 radical (unpaired) electrons. The molecule has 1 amide bonds. The van der Waals surface area contributed by atoms with E-state index < -0.39 is 0 Å². The second kappa shape index (κ2) is 7.20. The molecule has 0 bridgehead atoms. The SMILES string of the molecule is COC(=O)CCC(=O)N1CCCC1Cc1ccc(F)cc1. The Morgan fingerprint density at radius 1 is 1.29 bits per heavy atom. The van der Waals surface area contributed by atoms with Gasteiger partial charge in [-0.3, -0.25) is 9.59 Å². The summed E-state index contributed by atoms with van der Waals surface area (Å²) in [6.07, 6.45) is 2.95. The van der Waals surface area contributed by atoms with E-state index in [9.17, 15) is 14.0 Å². The summed E-state index contributed by atoms with van der Waals surface area (Å²) in [4.78, 5) is 25.1. The Balaban J connectivity index is 1.91. The van der Waals surface area contributed by atoms with Gasteiger partial charge in [-0.2, -0.15) is 0 Å². The van der Waals surface area contributed by atoms with Gasteiger partial charge >= 0.3 is 5.97 Å². The van der Waals surface area contributed by atoms with E-state index in [4.69, 9.17) is 0 Å². The first kappa shape index (κ1) is 15.5. The minimum absolute atomic E-state index is 0.00925. The average molecular weight is 293 g/mol. The maximum absolute atomic E-state index is 12.9. The van der Waals surface area contributed by atoms with Crippen LogP contribution in [0.3, 0.4) is 0 Å². The molecule has 1 aromatic carbocycles. The lowest BCUT2D eigenvalue weighted by Gasteiger charge is -2.24. The van der Waals surface area contributed by atoms with Gasteiger partial charge < -0.3 is 9.64 Å². The summed E-state index contributed by atoms with van der Waals surface area (Å²) in [6.45, 7) is 0.728. The Morgan fingerprint density at radius 2 is 2.00 bits per heavy atom. The molecule has 1 unspecified atom stereocenters. The smallest absolute Gasteiger partial charge is 0.306 e. The van der Waals surface area contributed by atoms with E-state index in [2.05, 4.69) is 4.74 Å². The number of hydrogen-bond donors (Lipinski definition) is 0. The van der Waals surface area contributed by atoms with Gasteiger partial charge in [0, 0.05) is 19.0 Å². The predicted octanol–water partition coefficient (Wildman–Crippen LogP) is 2.31. The molecule has 1 atom stereocenters. The minimum Gasteiger partial charge on any atom is -0.469 e. The van der Waals surface area contributed by atoms with Crippen molar-refractivity contribution in [1.82, 2.24) is 4.90 Å². The summed E-state index contributed by atoms with van der Waals surface area (Å²) in [5, 5.41) is 0. The molecule has 1 saturated heterocycles. The highest BCUT2D eigenvalue weighted by molar-refractivity contribution is 5.81. The van der Waals surface area contributed by atoms with Crippen molar-refractivity contribution in [3.05, 3.63) is 35.6 Å². The lowest BCUT2D eigenvalue weighted by Crippen LogP contribution is -2.37. The number of likely N-dealkylation sites (tertiary alicyclic amines) is 1. The molecule has 1 heterocycles. The maximum atomic E-state index is 12.9. The number of hydrogen-bond acceptors (Lipinski definition) is 3. The monoisotopic (exact) mass is 293 g/mol. The summed E-state index contributed by atoms with van der Waals surface area (Å²) in [5.74, 6) is -0.626. The summed E-state index contributed by atoms with van der Waals surface area (Å²) in [7, 11) is 1.32. The molecule has 1 aliphatic rings. The summed E-state index contributed by atoms with van der Waals surface area (Å²) in [6, 6.07) is 6.53. The quantitative estimate of drug-likeness (QED) is 0.783. The molecule has 0 aliphatic carbocycles. The number of benzene rings is 1. The maximum Gasteiger partial charge on any atom is 0.306 e. The summed E-state index contributed by atoms with van der Waals surface area (Å²) >= 11 is 0. The number of carbonyl (C=O) groups excluding carboxylic acids is 2. The van der Waals surface area contributed by atoms with Crippen molar-refractivity contribution in [2.45, 2.75) is 38.1 Å². The number of amides is 1. The summed E-state index contributed by atoms with van der Waals surface area (Å²) < 4.78 is 17.5. The largest absolute Gasteiger partial charge is 0.469 e. The van der Waals surface area contributed by atoms with Gasteiger partial charge in [0.05, 0.1) is 13.5 Å². The van der Waals surface area contributed by atoms with Crippen molar-refractivity contribution in [3.63, 3.8) is 0 Å². The van der Waals surface area contributed by atoms with Gasteiger partial charge in [-0.05, 0) is 37.0 Å².